The van der Waals surface area contributed by atoms with Gasteiger partial charge < -0.3 is 9.47 Å². The molecule has 1 atom stereocenters. The van der Waals surface area contributed by atoms with Crippen LogP contribution in [0.3, 0.4) is 0 Å². The fourth-order valence-electron chi connectivity index (χ4n) is 1.61. The molecule has 1 aromatic rings. The highest BCUT2D eigenvalue weighted by molar-refractivity contribution is 5.36. The van der Waals surface area contributed by atoms with Crippen molar-refractivity contribution in [1.82, 2.24) is 0 Å². The number of nitriles is 1. The lowest BCUT2D eigenvalue weighted by Gasteiger charge is -2.10. The largest absolute Gasteiger partial charge is 0.493 e. The van der Waals surface area contributed by atoms with Gasteiger partial charge in [-0.2, -0.15) is 5.26 Å². The van der Waals surface area contributed by atoms with Gasteiger partial charge in [0.2, 0.25) is 0 Å². The molecule has 0 N–H and O–H groups in total. The van der Waals surface area contributed by atoms with E-state index in [1.165, 1.54) is 12.1 Å². The fraction of sp³-hybridized carbons (Fsp3) is 0.417. The molecule has 4 heteroatoms. The number of halogens is 1. The lowest BCUT2D eigenvalue weighted by molar-refractivity contribution is 0.167. The van der Waals surface area contributed by atoms with E-state index in [0.717, 1.165) is 13.0 Å². The van der Waals surface area contributed by atoms with Crippen molar-refractivity contribution >= 4 is 0 Å². The van der Waals surface area contributed by atoms with E-state index in [-0.39, 0.29) is 5.56 Å². The first-order chi connectivity index (χ1) is 7.79. The second kappa shape index (κ2) is 4.95. The molecule has 0 aromatic heterocycles. The maximum atomic E-state index is 13.2. The van der Waals surface area contributed by atoms with Gasteiger partial charge in [0.25, 0.3) is 0 Å². The summed E-state index contributed by atoms with van der Waals surface area (Å²) in [5, 5.41) is 8.56. The molecule has 0 bridgehead atoms. The number of ether oxygens (including phenoxy) is 2. The number of nitrogens with zero attached hydrogens (tertiary/aromatic N) is 1. The van der Waals surface area contributed by atoms with Crippen LogP contribution in [0.1, 0.15) is 12.0 Å². The van der Waals surface area contributed by atoms with Crippen LogP contribution in [0.5, 0.6) is 5.75 Å². The van der Waals surface area contributed by atoms with Gasteiger partial charge in [-0.3, -0.25) is 0 Å². The van der Waals surface area contributed by atoms with Crippen molar-refractivity contribution in [3.05, 3.63) is 29.6 Å². The van der Waals surface area contributed by atoms with Crippen molar-refractivity contribution in [3.8, 4) is 11.8 Å². The molecule has 0 amide bonds. The van der Waals surface area contributed by atoms with Gasteiger partial charge in [-0.05, 0) is 18.6 Å². The van der Waals surface area contributed by atoms with Crippen LogP contribution in [0.4, 0.5) is 4.39 Å². The Kier molecular flexibility index (Phi) is 3.37. The maximum Gasteiger partial charge on any atom is 0.144 e. The van der Waals surface area contributed by atoms with E-state index in [4.69, 9.17) is 14.7 Å². The SMILES string of the molecule is N#Cc1ccc(OC[C@H]2CCOC2)cc1F. The highest BCUT2D eigenvalue weighted by Gasteiger charge is 2.16. The van der Waals surface area contributed by atoms with Crippen molar-refractivity contribution < 1.29 is 13.9 Å². The summed E-state index contributed by atoms with van der Waals surface area (Å²) in [6.45, 7) is 2.01. The minimum atomic E-state index is -0.539. The molecule has 0 unspecified atom stereocenters. The van der Waals surface area contributed by atoms with Crippen LogP contribution < -0.4 is 4.74 Å². The maximum absolute atomic E-state index is 13.2. The van der Waals surface area contributed by atoms with Gasteiger partial charge in [-0.15, -0.1) is 0 Å². The minimum Gasteiger partial charge on any atom is -0.493 e. The number of hydrogen-bond acceptors (Lipinski definition) is 3. The van der Waals surface area contributed by atoms with Crippen LogP contribution in [0.15, 0.2) is 18.2 Å². The number of hydrogen-bond donors (Lipinski definition) is 0. The summed E-state index contributed by atoms with van der Waals surface area (Å²) in [6, 6.07) is 6.05. The highest BCUT2D eigenvalue weighted by atomic mass is 19.1. The third kappa shape index (κ3) is 2.50. The average Bonchev–Trinajstić information content (AvgIpc) is 2.79. The zero-order chi connectivity index (χ0) is 11.4. The van der Waals surface area contributed by atoms with Gasteiger partial charge in [0.15, 0.2) is 0 Å². The van der Waals surface area contributed by atoms with Gasteiger partial charge >= 0.3 is 0 Å². The Balaban J connectivity index is 1.94. The second-order valence-electron chi connectivity index (χ2n) is 3.79. The molecule has 1 aliphatic rings. The van der Waals surface area contributed by atoms with E-state index in [1.54, 1.807) is 12.1 Å². The van der Waals surface area contributed by atoms with Crippen molar-refractivity contribution in [2.45, 2.75) is 6.42 Å². The Labute approximate surface area is 93.4 Å². The molecule has 84 valence electrons. The van der Waals surface area contributed by atoms with Crippen LogP contribution in [0.2, 0.25) is 0 Å². The molecule has 1 aromatic carbocycles. The zero-order valence-electron chi connectivity index (χ0n) is 8.78. The van der Waals surface area contributed by atoms with Crippen molar-refractivity contribution in [2.75, 3.05) is 19.8 Å². The molecule has 0 saturated carbocycles. The topological polar surface area (TPSA) is 42.2 Å². The van der Waals surface area contributed by atoms with E-state index in [2.05, 4.69) is 0 Å². The van der Waals surface area contributed by atoms with Crippen LogP contribution in [0, 0.1) is 23.1 Å². The molecular formula is C12H12FNO2. The first-order valence-electron chi connectivity index (χ1n) is 5.20. The Morgan fingerprint density at radius 1 is 1.56 bits per heavy atom. The summed E-state index contributed by atoms with van der Waals surface area (Å²) < 4.78 is 23.9. The molecule has 0 radical (unpaired) electrons. The van der Waals surface area contributed by atoms with Crippen molar-refractivity contribution in [1.29, 1.82) is 5.26 Å². The standard InChI is InChI=1S/C12H12FNO2/c13-12-5-11(2-1-10(12)6-14)16-8-9-3-4-15-7-9/h1-2,5,9H,3-4,7-8H2/t9-/m0/s1. The lowest BCUT2D eigenvalue weighted by atomic mass is 10.1. The van der Waals surface area contributed by atoms with E-state index in [0.29, 0.717) is 24.9 Å². The van der Waals surface area contributed by atoms with Gasteiger partial charge in [0.05, 0.1) is 18.8 Å². The first kappa shape index (κ1) is 10.9. The molecule has 16 heavy (non-hydrogen) atoms. The van der Waals surface area contributed by atoms with Crippen LogP contribution >= 0.6 is 0 Å². The molecule has 2 rings (SSSR count). The van der Waals surface area contributed by atoms with E-state index < -0.39 is 5.82 Å². The van der Waals surface area contributed by atoms with E-state index in [9.17, 15) is 4.39 Å². The predicted molar refractivity (Wildman–Crippen MR) is 55.5 cm³/mol. The van der Waals surface area contributed by atoms with Crippen LogP contribution in [0.25, 0.3) is 0 Å². The Hall–Kier alpha value is -1.60. The van der Waals surface area contributed by atoms with Crippen LogP contribution in [-0.4, -0.2) is 19.8 Å². The van der Waals surface area contributed by atoms with Gasteiger partial charge in [0, 0.05) is 18.6 Å². The minimum absolute atomic E-state index is 0.0385. The van der Waals surface area contributed by atoms with Crippen LogP contribution in [-0.2, 0) is 4.74 Å². The lowest BCUT2D eigenvalue weighted by Crippen LogP contribution is -2.11. The van der Waals surface area contributed by atoms with Gasteiger partial charge in [-0.1, -0.05) is 0 Å². The molecular weight excluding hydrogens is 209 g/mol. The molecule has 3 nitrogen and oxygen atoms in total. The summed E-state index contributed by atoms with van der Waals surface area (Å²) in [4.78, 5) is 0. The Morgan fingerprint density at radius 2 is 2.44 bits per heavy atom. The summed E-state index contributed by atoms with van der Waals surface area (Å²) in [5.74, 6) is 0.310. The molecule has 1 heterocycles. The predicted octanol–water partition coefficient (Wildman–Crippen LogP) is 2.11. The quantitative estimate of drug-likeness (QED) is 0.785. The van der Waals surface area contributed by atoms with Gasteiger partial charge in [-0.25, -0.2) is 4.39 Å². The third-order valence-electron chi connectivity index (χ3n) is 2.57. The number of benzene rings is 1. The van der Waals surface area contributed by atoms with Gasteiger partial charge in [0.1, 0.15) is 17.6 Å². The summed E-state index contributed by atoms with van der Waals surface area (Å²) in [7, 11) is 0. The molecule has 0 aliphatic carbocycles. The molecule has 1 aliphatic heterocycles. The molecule has 1 fully saturated rings. The van der Waals surface area contributed by atoms with E-state index >= 15 is 0 Å². The molecule has 1 saturated heterocycles. The summed E-state index contributed by atoms with van der Waals surface area (Å²) in [5.41, 5.74) is 0.0385. The zero-order valence-corrected chi connectivity index (χ0v) is 8.78. The summed E-state index contributed by atoms with van der Waals surface area (Å²) in [6.07, 6.45) is 0.985. The Morgan fingerprint density at radius 3 is 3.06 bits per heavy atom. The number of rotatable bonds is 3. The second-order valence-corrected chi connectivity index (χ2v) is 3.79. The first-order valence-corrected chi connectivity index (χ1v) is 5.20. The van der Waals surface area contributed by atoms with Crippen molar-refractivity contribution in [3.63, 3.8) is 0 Å². The smallest absolute Gasteiger partial charge is 0.144 e. The summed E-state index contributed by atoms with van der Waals surface area (Å²) >= 11 is 0. The molecule has 0 spiro atoms. The normalized spacial score (nSPS) is 19.4. The monoisotopic (exact) mass is 221 g/mol. The third-order valence-corrected chi connectivity index (χ3v) is 2.57. The van der Waals surface area contributed by atoms with E-state index in [1.807, 2.05) is 0 Å². The van der Waals surface area contributed by atoms with Crippen molar-refractivity contribution in [2.24, 2.45) is 5.92 Å². The average molecular weight is 221 g/mol. The fourth-order valence-corrected chi connectivity index (χ4v) is 1.61. The Bertz CT molecular complexity index is 408. The highest BCUT2D eigenvalue weighted by Crippen LogP contribution is 2.19.